The van der Waals surface area contributed by atoms with Gasteiger partial charge < -0.3 is 5.73 Å². The number of nitrogens with zero attached hydrogens (tertiary/aromatic N) is 3. The van der Waals surface area contributed by atoms with Gasteiger partial charge in [0.15, 0.2) is 5.82 Å². The van der Waals surface area contributed by atoms with Crippen molar-refractivity contribution in [3.8, 4) is 22.4 Å². The van der Waals surface area contributed by atoms with Crippen molar-refractivity contribution in [1.82, 2.24) is 15.0 Å². The van der Waals surface area contributed by atoms with Crippen molar-refractivity contribution in [3.05, 3.63) is 71.4 Å². The molecule has 0 bridgehead atoms. The van der Waals surface area contributed by atoms with Crippen LogP contribution in [0.3, 0.4) is 0 Å². The summed E-state index contributed by atoms with van der Waals surface area (Å²) in [5.41, 5.74) is 10.6. The van der Waals surface area contributed by atoms with Gasteiger partial charge in [-0.1, -0.05) is 17.7 Å². The summed E-state index contributed by atoms with van der Waals surface area (Å²) in [4.78, 5) is 13.2. The van der Waals surface area contributed by atoms with Gasteiger partial charge in [-0.05, 0) is 55.0 Å². The molecule has 0 aliphatic heterocycles. The summed E-state index contributed by atoms with van der Waals surface area (Å²) in [6, 6.07) is 13.6. The van der Waals surface area contributed by atoms with Crippen molar-refractivity contribution in [1.29, 1.82) is 0 Å². The minimum atomic E-state index is -0.312. The molecule has 0 saturated carbocycles. The lowest BCUT2D eigenvalue weighted by Gasteiger charge is -2.15. The van der Waals surface area contributed by atoms with Gasteiger partial charge in [-0.25, -0.2) is 14.4 Å². The van der Waals surface area contributed by atoms with E-state index in [1.54, 1.807) is 24.4 Å². The Labute approximate surface area is 154 Å². The molecule has 1 aromatic carbocycles. The molecule has 4 rings (SSSR count). The van der Waals surface area contributed by atoms with E-state index in [0.717, 1.165) is 27.8 Å². The summed E-state index contributed by atoms with van der Waals surface area (Å²) in [7, 11) is 0. The fourth-order valence-electron chi connectivity index (χ4n) is 3.05. The van der Waals surface area contributed by atoms with E-state index < -0.39 is 0 Å². The van der Waals surface area contributed by atoms with Crippen molar-refractivity contribution in [3.63, 3.8) is 0 Å². The number of rotatable bonds is 2. The quantitative estimate of drug-likeness (QED) is 0.506. The fourth-order valence-corrected chi connectivity index (χ4v) is 3.30. The van der Waals surface area contributed by atoms with Crippen LogP contribution >= 0.6 is 11.6 Å². The first kappa shape index (κ1) is 16.4. The summed E-state index contributed by atoms with van der Waals surface area (Å²) >= 11 is 6.18. The van der Waals surface area contributed by atoms with Crippen molar-refractivity contribution in [2.75, 3.05) is 5.73 Å². The van der Waals surface area contributed by atoms with Gasteiger partial charge in [0.1, 0.15) is 16.5 Å². The maximum absolute atomic E-state index is 13.4. The van der Waals surface area contributed by atoms with Gasteiger partial charge in [0.05, 0.1) is 5.69 Å². The Hall–Kier alpha value is -3.05. The third-order valence-corrected chi connectivity index (χ3v) is 4.31. The highest BCUT2D eigenvalue weighted by Gasteiger charge is 2.17. The topological polar surface area (TPSA) is 64.7 Å². The summed E-state index contributed by atoms with van der Waals surface area (Å²) in [6.07, 6.45) is 1.67. The van der Waals surface area contributed by atoms with Crippen molar-refractivity contribution in [2.24, 2.45) is 0 Å². The van der Waals surface area contributed by atoms with Crippen LogP contribution in [0.2, 0.25) is 5.15 Å². The maximum Gasteiger partial charge on any atom is 0.150 e. The first-order valence-corrected chi connectivity index (χ1v) is 8.35. The molecule has 0 atom stereocenters. The number of aromatic nitrogens is 3. The lowest BCUT2D eigenvalue weighted by atomic mass is 9.95. The van der Waals surface area contributed by atoms with Crippen LogP contribution in [-0.2, 0) is 0 Å². The number of anilines is 1. The number of aryl methyl sites for hydroxylation is 1. The molecule has 0 unspecified atom stereocenters. The Kier molecular flexibility index (Phi) is 4.01. The lowest BCUT2D eigenvalue weighted by molar-refractivity contribution is 0.628. The largest absolute Gasteiger partial charge is 0.382 e. The van der Waals surface area contributed by atoms with E-state index in [2.05, 4.69) is 15.0 Å². The zero-order valence-corrected chi connectivity index (χ0v) is 14.6. The lowest BCUT2D eigenvalue weighted by Crippen LogP contribution is -2.00. The average molecular weight is 365 g/mol. The van der Waals surface area contributed by atoms with Crippen molar-refractivity contribution < 1.29 is 4.39 Å². The normalized spacial score (nSPS) is 11.0. The van der Waals surface area contributed by atoms with E-state index in [0.29, 0.717) is 22.2 Å². The van der Waals surface area contributed by atoms with Gasteiger partial charge in [0, 0.05) is 28.4 Å². The van der Waals surface area contributed by atoms with Crippen LogP contribution in [0.5, 0.6) is 0 Å². The molecule has 128 valence electrons. The van der Waals surface area contributed by atoms with Gasteiger partial charge >= 0.3 is 0 Å². The Morgan fingerprint density at radius 3 is 2.50 bits per heavy atom. The van der Waals surface area contributed by atoms with Crippen LogP contribution in [0.4, 0.5) is 10.2 Å². The van der Waals surface area contributed by atoms with Crippen LogP contribution in [0.25, 0.3) is 33.3 Å². The minimum Gasteiger partial charge on any atom is -0.382 e. The van der Waals surface area contributed by atoms with E-state index in [-0.39, 0.29) is 5.82 Å². The molecular formula is C20H14ClFN4. The third kappa shape index (κ3) is 2.86. The number of hydrogen-bond donors (Lipinski definition) is 1. The summed E-state index contributed by atoms with van der Waals surface area (Å²) in [6.45, 7) is 1.87. The standard InChI is InChI=1S/C20H14ClFN4/c1-11-9-13(10-16(21)25-11)17-15-3-2-8-24-19(15)20(23)26-18(17)12-4-6-14(22)7-5-12/h2-10H,1H3,(H2,23,26). The monoisotopic (exact) mass is 364 g/mol. The van der Waals surface area contributed by atoms with Crippen LogP contribution in [0.15, 0.2) is 54.7 Å². The van der Waals surface area contributed by atoms with Gasteiger partial charge in [0.25, 0.3) is 0 Å². The first-order valence-electron chi connectivity index (χ1n) is 7.97. The molecule has 3 heterocycles. The Morgan fingerprint density at radius 1 is 1.00 bits per heavy atom. The molecule has 3 aromatic heterocycles. The molecule has 0 amide bonds. The molecular weight excluding hydrogens is 351 g/mol. The van der Waals surface area contributed by atoms with Crippen LogP contribution < -0.4 is 5.73 Å². The highest BCUT2D eigenvalue weighted by Crippen LogP contribution is 2.38. The van der Waals surface area contributed by atoms with Gasteiger partial charge in [-0.3, -0.25) is 4.98 Å². The molecule has 0 aliphatic rings. The molecule has 4 aromatic rings. The van der Waals surface area contributed by atoms with E-state index in [1.165, 1.54) is 12.1 Å². The van der Waals surface area contributed by atoms with Gasteiger partial charge in [0.2, 0.25) is 0 Å². The second-order valence-corrected chi connectivity index (χ2v) is 6.33. The second-order valence-electron chi connectivity index (χ2n) is 5.95. The summed E-state index contributed by atoms with van der Waals surface area (Å²) in [5, 5.41) is 1.24. The number of halogens is 2. The van der Waals surface area contributed by atoms with Crippen LogP contribution in [0.1, 0.15) is 5.69 Å². The highest BCUT2D eigenvalue weighted by atomic mass is 35.5. The molecule has 6 heteroatoms. The first-order chi connectivity index (χ1) is 12.5. The Morgan fingerprint density at radius 2 is 1.77 bits per heavy atom. The molecule has 26 heavy (non-hydrogen) atoms. The number of benzene rings is 1. The minimum absolute atomic E-state index is 0.312. The predicted octanol–water partition coefficient (Wildman–Crippen LogP) is 5.04. The molecule has 0 spiro atoms. The van der Waals surface area contributed by atoms with Gasteiger partial charge in [-0.15, -0.1) is 0 Å². The number of hydrogen-bond acceptors (Lipinski definition) is 4. The van der Waals surface area contributed by atoms with E-state index in [9.17, 15) is 4.39 Å². The third-order valence-electron chi connectivity index (χ3n) is 4.12. The van der Waals surface area contributed by atoms with E-state index in [1.807, 2.05) is 25.1 Å². The second kappa shape index (κ2) is 6.35. The zero-order chi connectivity index (χ0) is 18.3. The van der Waals surface area contributed by atoms with Gasteiger partial charge in [-0.2, -0.15) is 0 Å². The van der Waals surface area contributed by atoms with Crippen molar-refractivity contribution in [2.45, 2.75) is 6.92 Å². The fraction of sp³-hybridized carbons (Fsp3) is 0.0500. The maximum atomic E-state index is 13.4. The molecule has 2 N–H and O–H groups in total. The number of nitrogens with two attached hydrogens (primary N) is 1. The average Bonchev–Trinajstić information content (AvgIpc) is 2.61. The Balaban J connectivity index is 2.12. The van der Waals surface area contributed by atoms with Crippen LogP contribution in [-0.4, -0.2) is 15.0 Å². The molecule has 0 radical (unpaired) electrons. The molecule has 0 fully saturated rings. The number of fused-ring (bicyclic) bond motifs is 1. The van der Waals surface area contributed by atoms with E-state index >= 15 is 0 Å². The number of nitrogen functional groups attached to an aromatic ring is 1. The van der Waals surface area contributed by atoms with Crippen LogP contribution in [0, 0.1) is 12.7 Å². The molecule has 0 saturated heterocycles. The Bertz CT molecular complexity index is 1110. The highest BCUT2D eigenvalue weighted by molar-refractivity contribution is 6.29. The van der Waals surface area contributed by atoms with E-state index in [4.69, 9.17) is 17.3 Å². The predicted molar refractivity (Wildman–Crippen MR) is 102 cm³/mol. The summed E-state index contributed by atoms with van der Waals surface area (Å²) < 4.78 is 13.4. The van der Waals surface area contributed by atoms with Crippen molar-refractivity contribution >= 4 is 28.3 Å². The zero-order valence-electron chi connectivity index (χ0n) is 13.9. The molecule has 0 aliphatic carbocycles. The smallest absolute Gasteiger partial charge is 0.150 e. The molecule has 4 nitrogen and oxygen atoms in total. The SMILES string of the molecule is Cc1cc(-c2c(-c3ccc(F)cc3)nc(N)c3ncccc23)cc(Cl)n1. The number of pyridine rings is 3. The summed E-state index contributed by atoms with van der Waals surface area (Å²) in [5.74, 6) is 0.00841.